The van der Waals surface area contributed by atoms with Gasteiger partial charge in [0.2, 0.25) is 0 Å². The Morgan fingerprint density at radius 2 is 1.94 bits per heavy atom. The van der Waals surface area contributed by atoms with Crippen LogP contribution in [-0.2, 0) is 0 Å². The fourth-order valence-electron chi connectivity index (χ4n) is 1.74. The molecule has 0 aromatic heterocycles. The SMILES string of the molecule is CCC(C)c1cc(C(=O)C(C)(C)C)ccc1O. The Balaban J connectivity index is 3.17. The van der Waals surface area contributed by atoms with E-state index in [9.17, 15) is 9.90 Å². The number of Topliss-reactive ketones (excluding diaryl/α,β-unsaturated/α-hetero) is 1. The molecular formula is C15H22O2. The van der Waals surface area contributed by atoms with Crippen LogP contribution in [0.25, 0.3) is 0 Å². The standard InChI is InChI=1S/C15H22O2/c1-6-10(2)12-9-11(7-8-13(12)16)14(17)15(3,4)5/h7-10,16H,6H2,1-5H3. The van der Waals surface area contributed by atoms with E-state index in [4.69, 9.17) is 0 Å². The summed E-state index contributed by atoms with van der Waals surface area (Å²) in [7, 11) is 0. The number of carbonyl (C=O) groups is 1. The van der Waals surface area contributed by atoms with Crippen molar-refractivity contribution >= 4 is 5.78 Å². The molecule has 2 heteroatoms. The Morgan fingerprint density at radius 3 is 2.41 bits per heavy atom. The minimum Gasteiger partial charge on any atom is -0.508 e. The third-order valence-electron chi connectivity index (χ3n) is 3.11. The highest BCUT2D eigenvalue weighted by Crippen LogP contribution is 2.30. The van der Waals surface area contributed by atoms with Gasteiger partial charge in [-0.1, -0.05) is 34.6 Å². The molecule has 1 rings (SSSR count). The normalized spacial score (nSPS) is 13.5. The van der Waals surface area contributed by atoms with Crippen molar-refractivity contribution in [3.63, 3.8) is 0 Å². The van der Waals surface area contributed by atoms with E-state index in [1.807, 2.05) is 26.8 Å². The molecule has 2 nitrogen and oxygen atoms in total. The molecule has 0 aliphatic rings. The van der Waals surface area contributed by atoms with E-state index in [0.29, 0.717) is 5.56 Å². The molecular weight excluding hydrogens is 212 g/mol. The van der Waals surface area contributed by atoms with E-state index in [0.717, 1.165) is 12.0 Å². The molecule has 0 spiro atoms. The third kappa shape index (κ3) is 3.09. The molecule has 0 saturated heterocycles. The van der Waals surface area contributed by atoms with E-state index >= 15 is 0 Å². The molecule has 1 N–H and O–H groups in total. The molecule has 0 fully saturated rings. The van der Waals surface area contributed by atoms with Crippen molar-refractivity contribution < 1.29 is 9.90 Å². The summed E-state index contributed by atoms with van der Waals surface area (Å²) >= 11 is 0. The number of rotatable bonds is 3. The first-order valence-electron chi connectivity index (χ1n) is 6.15. The first-order valence-corrected chi connectivity index (χ1v) is 6.15. The molecule has 0 aliphatic heterocycles. The fraction of sp³-hybridized carbons (Fsp3) is 0.533. The second kappa shape index (κ2) is 4.91. The first-order chi connectivity index (χ1) is 7.77. The van der Waals surface area contributed by atoms with Gasteiger partial charge in [0.1, 0.15) is 5.75 Å². The molecule has 0 heterocycles. The van der Waals surface area contributed by atoms with Crippen molar-refractivity contribution in [1.82, 2.24) is 0 Å². The minimum absolute atomic E-state index is 0.113. The Kier molecular flexibility index (Phi) is 3.97. The summed E-state index contributed by atoms with van der Waals surface area (Å²) in [5.41, 5.74) is 1.16. The number of carbonyl (C=O) groups excluding carboxylic acids is 1. The van der Waals surface area contributed by atoms with Gasteiger partial charge in [0.25, 0.3) is 0 Å². The monoisotopic (exact) mass is 234 g/mol. The largest absolute Gasteiger partial charge is 0.508 e. The first kappa shape index (κ1) is 13.8. The zero-order valence-electron chi connectivity index (χ0n) is 11.4. The van der Waals surface area contributed by atoms with Crippen LogP contribution >= 0.6 is 0 Å². The molecule has 0 saturated carbocycles. The summed E-state index contributed by atoms with van der Waals surface area (Å²) in [6.45, 7) is 9.85. The van der Waals surface area contributed by atoms with Crippen molar-refractivity contribution in [2.45, 2.75) is 47.0 Å². The highest BCUT2D eigenvalue weighted by molar-refractivity contribution is 6.00. The average molecular weight is 234 g/mol. The fourth-order valence-corrected chi connectivity index (χ4v) is 1.74. The van der Waals surface area contributed by atoms with Gasteiger partial charge in [0.05, 0.1) is 0 Å². The third-order valence-corrected chi connectivity index (χ3v) is 3.11. The molecule has 0 bridgehead atoms. The highest BCUT2D eigenvalue weighted by atomic mass is 16.3. The van der Waals surface area contributed by atoms with Crippen LogP contribution in [-0.4, -0.2) is 10.9 Å². The maximum absolute atomic E-state index is 12.2. The predicted molar refractivity (Wildman–Crippen MR) is 70.6 cm³/mol. The van der Waals surface area contributed by atoms with Gasteiger partial charge in [-0.2, -0.15) is 0 Å². The van der Waals surface area contributed by atoms with Gasteiger partial charge in [0, 0.05) is 11.0 Å². The quantitative estimate of drug-likeness (QED) is 0.798. The number of aromatic hydroxyl groups is 1. The van der Waals surface area contributed by atoms with Gasteiger partial charge in [-0.05, 0) is 36.1 Å². The Bertz CT molecular complexity index is 413. The van der Waals surface area contributed by atoms with Crippen LogP contribution in [0.5, 0.6) is 5.75 Å². The molecule has 17 heavy (non-hydrogen) atoms. The zero-order valence-corrected chi connectivity index (χ0v) is 11.4. The number of hydrogen-bond donors (Lipinski definition) is 1. The van der Waals surface area contributed by atoms with E-state index in [2.05, 4.69) is 13.8 Å². The van der Waals surface area contributed by atoms with Crippen LogP contribution in [0.1, 0.15) is 62.9 Å². The van der Waals surface area contributed by atoms with Gasteiger partial charge in [-0.25, -0.2) is 0 Å². The topological polar surface area (TPSA) is 37.3 Å². The van der Waals surface area contributed by atoms with Gasteiger partial charge in [-0.15, -0.1) is 0 Å². The smallest absolute Gasteiger partial charge is 0.168 e. The minimum atomic E-state index is -0.385. The van der Waals surface area contributed by atoms with Crippen molar-refractivity contribution in [3.8, 4) is 5.75 Å². The molecule has 1 aromatic rings. The van der Waals surface area contributed by atoms with E-state index in [1.54, 1.807) is 12.1 Å². The van der Waals surface area contributed by atoms with Crippen LogP contribution in [0, 0.1) is 5.41 Å². The van der Waals surface area contributed by atoms with Gasteiger partial charge in [0.15, 0.2) is 5.78 Å². The molecule has 1 aromatic carbocycles. The Labute approximate surface area is 104 Å². The van der Waals surface area contributed by atoms with Crippen LogP contribution < -0.4 is 0 Å². The molecule has 0 amide bonds. The molecule has 1 atom stereocenters. The van der Waals surface area contributed by atoms with Crippen molar-refractivity contribution in [2.75, 3.05) is 0 Å². The summed E-state index contributed by atoms with van der Waals surface area (Å²) in [6.07, 6.45) is 0.945. The predicted octanol–water partition coefficient (Wildman–Crippen LogP) is 4.13. The van der Waals surface area contributed by atoms with E-state index in [-0.39, 0.29) is 22.9 Å². The van der Waals surface area contributed by atoms with E-state index < -0.39 is 0 Å². The molecule has 0 aliphatic carbocycles. The number of ketones is 1. The number of hydrogen-bond acceptors (Lipinski definition) is 2. The number of phenolic OH excluding ortho intramolecular Hbond substituents is 1. The van der Waals surface area contributed by atoms with Crippen LogP contribution in [0.3, 0.4) is 0 Å². The molecule has 1 unspecified atom stereocenters. The summed E-state index contributed by atoms with van der Waals surface area (Å²) in [4.78, 5) is 12.2. The van der Waals surface area contributed by atoms with Crippen molar-refractivity contribution in [1.29, 1.82) is 0 Å². The summed E-state index contributed by atoms with van der Waals surface area (Å²) < 4.78 is 0. The lowest BCUT2D eigenvalue weighted by Crippen LogP contribution is -2.20. The number of benzene rings is 1. The molecule has 94 valence electrons. The molecule has 0 radical (unpaired) electrons. The van der Waals surface area contributed by atoms with Gasteiger partial charge in [-0.3, -0.25) is 4.79 Å². The van der Waals surface area contributed by atoms with Crippen molar-refractivity contribution in [3.05, 3.63) is 29.3 Å². The van der Waals surface area contributed by atoms with Crippen molar-refractivity contribution in [2.24, 2.45) is 5.41 Å². The van der Waals surface area contributed by atoms with Crippen LogP contribution in [0.15, 0.2) is 18.2 Å². The number of phenols is 1. The van der Waals surface area contributed by atoms with Gasteiger partial charge >= 0.3 is 0 Å². The van der Waals surface area contributed by atoms with E-state index in [1.165, 1.54) is 0 Å². The van der Waals surface area contributed by atoms with Crippen LogP contribution in [0.2, 0.25) is 0 Å². The Morgan fingerprint density at radius 1 is 1.35 bits per heavy atom. The lowest BCUT2D eigenvalue weighted by atomic mass is 9.85. The Hall–Kier alpha value is -1.31. The zero-order chi connectivity index (χ0) is 13.2. The average Bonchev–Trinajstić information content (AvgIpc) is 2.26. The lowest BCUT2D eigenvalue weighted by molar-refractivity contribution is 0.0858. The second-order valence-electron chi connectivity index (χ2n) is 5.66. The summed E-state index contributed by atoms with van der Waals surface area (Å²) in [5, 5.41) is 9.81. The van der Waals surface area contributed by atoms with Crippen LogP contribution in [0.4, 0.5) is 0 Å². The second-order valence-corrected chi connectivity index (χ2v) is 5.66. The maximum atomic E-state index is 12.2. The lowest BCUT2D eigenvalue weighted by Gasteiger charge is -2.18. The highest BCUT2D eigenvalue weighted by Gasteiger charge is 2.24. The summed E-state index contributed by atoms with van der Waals surface area (Å²) in [5.74, 6) is 0.662. The van der Waals surface area contributed by atoms with Gasteiger partial charge < -0.3 is 5.11 Å². The summed E-state index contributed by atoms with van der Waals surface area (Å²) in [6, 6.07) is 5.16. The maximum Gasteiger partial charge on any atom is 0.168 e.